The molecule has 6 nitrogen and oxygen atoms in total. The molecule has 2 aromatic rings. The molecule has 0 saturated carbocycles. The molecule has 2 N–H and O–H groups in total. The van der Waals surface area contributed by atoms with E-state index in [1.165, 1.54) is 12.1 Å². The fraction of sp³-hybridized carbons (Fsp3) is 0.100. The van der Waals surface area contributed by atoms with E-state index in [1.807, 2.05) is 0 Å². The van der Waals surface area contributed by atoms with E-state index in [4.69, 9.17) is 0 Å². The molecule has 0 spiro atoms. The lowest BCUT2D eigenvalue weighted by molar-refractivity contribution is -0.750. The normalized spacial score (nSPS) is 10.3. The summed E-state index contributed by atoms with van der Waals surface area (Å²) < 4.78 is 19.5. The highest BCUT2D eigenvalue weighted by molar-refractivity contribution is 9.10. The molecule has 1 heterocycles. The number of hydrogen-bond donors (Lipinski definition) is 2. The molecule has 0 aliphatic carbocycles. The number of anilines is 1. The first-order valence-corrected chi connectivity index (χ1v) is 5.67. The first-order chi connectivity index (χ1) is 8.54. The van der Waals surface area contributed by atoms with Crippen molar-refractivity contribution in [1.82, 2.24) is 5.27 Å². The van der Waals surface area contributed by atoms with E-state index in [0.29, 0.717) is 4.47 Å². The summed E-state index contributed by atoms with van der Waals surface area (Å²) in [5.74, 6) is -1.04. The lowest BCUT2D eigenvalue weighted by atomic mass is 10.3. The first kappa shape index (κ1) is 12.5. The van der Waals surface area contributed by atoms with Gasteiger partial charge in [-0.1, -0.05) is 20.6 Å². The summed E-state index contributed by atoms with van der Waals surface area (Å²) in [6, 6.07) is 4.27. The van der Waals surface area contributed by atoms with Crippen LogP contribution in [0.5, 0.6) is 0 Å². The van der Waals surface area contributed by atoms with Gasteiger partial charge in [-0.2, -0.15) is 0 Å². The maximum atomic E-state index is 13.4. The van der Waals surface area contributed by atoms with Crippen LogP contribution in [0.25, 0.3) is 0 Å². The van der Waals surface area contributed by atoms with Crippen molar-refractivity contribution in [1.29, 1.82) is 0 Å². The van der Waals surface area contributed by atoms with Gasteiger partial charge in [0.15, 0.2) is 0 Å². The van der Waals surface area contributed by atoms with E-state index >= 15 is 0 Å². The Hall–Kier alpha value is -1.96. The van der Waals surface area contributed by atoms with Crippen LogP contribution in [0.1, 0.15) is 0 Å². The number of carbonyl (C=O) groups is 1. The van der Waals surface area contributed by atoms with Crippen LogP contribution in [-0.2, 0) is 11.3 Å². The summed E-state index contributed by atoms with van der Waals surface area (Å²) in [7, 11) is 0. The molecule has 0 bridgehead atoms. The SMILES string of the molecule is O=C(C[n+]1cc(=O)o[nH]1)Nc1ccc(Br)cc1F. The number of H-pyrrole nitrogens is 1. The lowest BCUT2D eigenvalue weighted by Crippen LogP contribution is -2.41. The summed E-state index contributed by atoms with van der Waals surface area (Å²) in [6.45, 7) is -0.179. The Labute approximate surface area is 108 Å². The Morgan fingerprint density at radius 1 is 1.56 bits per heavy atom. The zero-order chi connectivity index (χ0) is 13.1. The summed E-state index contributed by atoms with van der Waals surface area (Å²) in [4.78, 5) is 22.3. The summed E-state index contributed by atoms with van der Waals surface area (Å²) in [5.41, 5.74) is -0.535. The Balaban J connectivity index is 2.05. The van der Waals surface area contributed by atoms with Crippen molar-refractivity contribution in [3.8, 4) is 0 Å². The number of carbonyl (C=O) groups excluding carboxylic acids is 1. The number of halogens is 2. The van der Waals surface area contributed by atoms with Crippen molar-refractivity contribution in [2.24, 2.45) is 0 Å². The maximum absolute atomic E-state index is 13.4. The molecule has 18 heavy (non-hydrogen) atoms. The molecular formula is C10H8BrFN3O3+. The minimum Gasteiger partial charge on any atom is -0.318 e. The van der Waals surface area contributed by atoms with E-state index in [-0.39, 0.29) is 12.2 Å². The third kappa shape index (κ3) is 3.04. The van der Waals surface area contributed by atoms with Crippen LogP contribution in [-0.4, -0.2) is 11.2 Å². The largest absolute Gasteiger partial charge is 0.426 e. The van der Waals surface area contributed by atoms with Crippen LogP contribution >= 0.6 is 15.9 Å². The Bertz CT molecular complexity index is 637. The van der Waals surface area contributed by atoms with Gasteiger partial charge in [-0.05, 0) is 23.5 Å². The molecule has 2 rings (SSSR count). The predicted octanol–water partition coefficient (Wildman–Crippen LogP) is 0.796. The van der Waals surface area contributed by atoms with E-state index in [2.05, 4.69) is 31.0 Å². The Morgan fingerprint density at radius 3 is 2.94 bits per heavy atom. The van der Waals surface area contributed by atoms with Gasteiger partial charge in [-0.15, -0.1) is 0 Å². The van der Waals surface area contributed by atoms with Crippen molar-refractivity contribution in [2.45, 2.75) is 6.54 Å². The standard InChI is InChI=1S/C10H7BrFN3O3/c11-6-1-2-8(7(12)3-6)13-9(16)4-15-5-10(17)18-14-15/h1-3,5H,4H2,(H-,13,14,16,17)/p+1. The molecule has 1 aromatic carbocycles. The average Bonchev–Trinajstić information content (AvgIpc) is 2.68. The molecule has 0 unspecified atom stereocenters. The summed E-state index contributed by atoms with van der Waals surface area (Å²) in [5, 5.41) is 4.59. The number of amides is 1. The minimum absolute atomic E-state index is 0.0645. The van der Waals surface area contributed by atoms with E-state index in [9.17, 15) is 14.0 Å². The Morgan fingerprint density at radius 2 is 2.33 bits per heavy atom. The van der Waals surface area contributed by atoms with Crippen LogP contribution < -0.4 is 15.6 Å². The van der Waals surface area contributed by atoms with Gasteiger partial charge >= 0.3 is 5.63 Å². The summed E-state index contributed by atoms with van der Waals surface area (Å²) >= 11 is 3.11. The molecule has 1 aromatic heterocycles. The van der Waals surface area contributed by atoms with Gasteiger partial charge in [0.1, 0.15) is 5.82 Å². The van der Waals surface area contributed by atoms with Gasteiger partial charge in [0.05, 0.1) is 5.69 Å². The number of nitrogens with one attached hydrogen (secondary N) is 2. The highest BCUT2D eigenvalue weighted by Gasteiger charge is 2.14. The van der Waals surface area contributed by atoms with E-state index in [0.717, 1.165) is 10.9 Å². The molecule has 0 fully saturated rings. The number of hydrogen-bond acceptors (Lipinski definition) is 3. The zero-order valence-electron chi connectivity index (χ0n) is 8.94. The van der Waals surface area contributed by atoms with Gasteiger partial charge in [0.2, 0.25) is 0 Å². The van der Waals surface area contributed by atoms with Crippen molar-refractivity contribution >= 4 is 27.5 Å². The lowest BCUT2D eigenvalue weighted by Gasteiger charge is -2.03. The molecule has 94 valence electrons. The van der Waals surface area contributed by atoms with Crippen molar-refractivity contribution in [2.75, 3.05) is 5.32 Å². The third-order valence-corrected chi connectivity index (χ3v) is 2.54. The molecule has 0 aliphatic heterocycles. The van der Waals surface area contributed by atoms with Crippen molar-refractivity contribution in [3.05, 3.63) is 45.1 Å². The third-order valence-electron chi connectivity index (χ3n) is 2.04. The number of rotatable bonds is 3. The van der Waals surface area contributed by atoms with Gasteiger partial charge in [-0.25, -0.2) is 9.18 Å². The van der Waals surface area contributed by atoms with Crippen LogP contribution in [0.4, 0.5) is 10.1 Å². The van der Waals surface area contributed by atoms with Crippen LogP contribution in [0, 0.1) is 5.82 Å². The molecule has 1 amide bonds. The molecular weight excluding hydrogens is 309 g/mol. The first-order valence-electron chi connectivity index (χ1n) is 4.87. The fourth-order valence-electron chi connectivity index (χ4n) is 1.30. The van der Waals surface area contributed by atoms with E-state index < -0.39 is 17.3 Å². The second-order valence-electron chi connectivity index (χ2n) is 3.44. The quantitative estimate of drug-likeness (QED) is 0.822. The second-order valence-corrected chi connectivity index (χ2v) is 4.36. The minimum atomic E-state index is -0.599. The topological polar surface area (TPSA) is 79.0 Å². The molecule has 0 saturated heterocycles. The van der Waals surface area contributed by atoms with Gasteiger partial charge < -0.3 is 5.32 Å². The van der Waals surface area contributed by atoms with Gasteiger partial charge in [0, 0.05) is 4.47 Å². The maximum Gasteiger partial charge on any atom is 0.426 e. The number of aromatic nitrogens is 2. The van der Waals surface area contributed by atoms with Gasteiger partial charge in [-0.3, -0.25) is 9.32 Å². The molecule has 0 aliphatic rings. The molecule has 0 radical (unpaired) electrons. The molecule has 0 atom stereocenters. The van der Waals surface area contributed by atoms with Crippen LogP contribution in [0.2, 0.25) is 0 Å². The number of nitrogens with zero attached hydrogens (tertiary/aromatic N) is 1. The summed E-state index contributed by atoms with van der Waals surface area (Å²) in [6.07, 6.45) is 1.08. The smallest absolute Gasteiger partial charge is 0.318 e. The predicted molar refractivity (Wildman–Crippen MR) is 62.3 cm³/mol. The van der Waals surface area contributed by atoms with Crippen LogP contribution in [0.3, 0.4) is 0 Å². The van der Waals surface area contributed by atoms with Crippen molar-refractivity contribution in [3.63, 3.8) is 0 Å². The van der Waals surface area contributed by atoms with Crippen molar-refractivity contribution < 1.29 is 18.4 Å². The van der Waals surface area contributed by atoms with Crippen LogP contribution in [0.15, 0.2) is 38.2 Å². The average molecular weight is 317 g/mol. The fourth-order valence-corrected chi connectivity index (χ4v) is 1.63. The van der Waals surface area contributed by atoms with Gasteiger partial charge in [0.25, 0.3) is 18.6 Å². The second kappa shape index (κ2) is 5.13. The molecule has 8 heteroatoms. The Kier molecular flexibility index (Phi) is 3.56. The zero-order valence-corrected chi connectivity index (χ0v) is 10.5. The number of benzene rings is 1. The monoisotopic (exact) mass is 316 g/mol. The van der Waals surface area contributed by atoms with E-state index in [1.54, 1.807) is 6.07 Å². The number of aromatic amines is 1. The highest BCUT2D eigenvalue weighted by Crippen LogP contribution is 2.19. The highest BCUT2D eigenvalue weighted by atomic mass is 79.9.